The van der Waals surface area contributed by atoms with Gasteiger partial charge in [0.2, 0.25) is 5.95 Å². The lowest BCUT2D eigenvalue weighted by Gasteiger charge is -2.33. The molecule has 0 aliphatic carbocycles. The van der Waals surface area contributed by atoms with Crippen molar-refractivity contribution in [1.29, 1.82) is 0 Å². The van der Waals surface area contributed by atoms with E-state index in [1.54, 1.807) is 0 Å². The van der Waals surface area contributed by atoms with Crippen molar-refractivity contribution in [1.82, 2.24) is 14.8 Å². The van der Waals surface area contributed by atoms with Crippen LogP contribution in [-0.2, 0) is 0 Å². The summed E-state index contributed by atoms with van der Waals surface area (Å²) >= 11 is 5.28. The van der Waals surface area contributed by atoms with Crippen LogP contribution in [0.3, 0.4) is 0 Å². The van der Waals surface area contributed by atoms with Crippen molar-refractivity contribution in [2.45, 2.75) is 52.1 Å². The van der Waals surface area contributed by atoms with E-state index in [0.717, 1.165) is 12.5 Å². The first-order valence-corrected chi connectivity index (χ1v) is 6.29. The third-order valence-corrected chi connectivity index (χ3v) is 3.63. The molecule has 90 valence electrons. The Bertz CT molecular complexity index is 429. The molecule has 1 aliphatic heterocycles. The summed E-state index contributed by atoms with van der Waals surface area (Å²) in [5, 5.41) is 7.29. The van der Waals surface area contributed by atoms with E-state index < -0.39 is 0 Å². The highest BCUT2D eigenvalue weighted by Gasteiger charge is 2.35. The molecule has 5 heteroatoms. The van der Waals surface area contributed by atoms with Crippen LogP contribution in [0.15, 0.2) is 0 Å². The smallest absolute Gasteiger partial charge is 0.226 e. The fraction of sp³-hybridized carbons (Fsp3) is 0.818. The van der Waals surface area contributed by atoms with Gasteiger partial charge in [0.15, 0.2) is 4.77 Å². The zero-order valence-electron chi connectivity index (χ0n) is 10.4. The van der Waals surface area contributed by atoms with Crippen LogP contribution in [0.5, 0.6) is 0 Å². The van der Waals surface area contributed by atoms with Gasteiger partial charge >= 0.3 is 0 Å². The summed E-state index contributed by atoms with van der Waals surface area (Å²) < 4.78 is 2.82. The standard InChI is InChI=1S/C11H20N4S/c1-8(2)15-9(12-13-10(15)16)14-7-5-6-11(14,3)4/h8H,5-7H2,1-4H3,(H,13,16). The van der Waals surface area contributed by atoms with E-state index in [2.05, 4.69) is 47.4 Å². The first-order chi connectivity index (χ1) is 7.43. The predicted molar refractivity (Wildman–Crippen MR) is 68.5 cm³/mol. The van der Waals surface area contributed by atoms with Gasteiger partial charge in [0.25, 0.3) is 0 Å². The summed E-state index contributed by atoms with van der Waals surface area (Å²) in [6.45, 7) is 9.87. The fourth-order valence-electron chi connectivity index (χ4n) is 2.43. The number of aromatic amines is 1. The average Bonchev–Trinajstić information content (AvgIpc) is 2.68. The maximum absolute atomic E-state index is 5.28. The lowest BCUT2D eigenvalue weighted by atomic mass is 10.0. The average molecular weight is 240 g/mol. The number of nitrogens with zero attached hydrogens (tertiary/aromatic N) is 3. The van der Waals surface area contributed by atoms with Crippen molar-refractivity contribution in [3.63, 3.8) is 0 Å². The van der Waals surface area contributed by atoms with Crippen LogP contribution < -0.4 is 4.90 Å². The van der Waals surface area contributed by atoms with E-state index >= 15 is 0 Å². The van der Waals surface area contributed by atoms with Crippen LogP contribution >= 0.6 is 12.2 Å². The molecule has 1 aliphatic rings. The zero-order chi connectivity index (χ0) is 11.9. The molecular formula is C11H20N4S. The quantitative estimate of drug-likeness (QED) is 0.808. The highest BCUT2D eigenvalue weighted by Crippen LogP contribution is 2.33. The second-order valence-corrected chi connectivity index (χ2v) is 5.75. The molecule has 0 spiro atoms. The number of H-pyrrole nitrogens is 1. The van der Waals surface area contributed by atoms with Crippen molar-refractivity contribution in [3.05, 3.63) is 4.77 Å². The topological polar surface area (TPSA) is 36.9 Å². The Morgan fingerprint density at radius 2 is 2.12 bits per heavy atom. The first kappa shape index (κ1) is 11.6. The van der Waals surface area contributed by atoms with Crippen LogP contribution in [0.1, 0.15) is 46.6 Å². The summed E-state index contributed by atoms with van der Waals surface area (Å²) in [5.74, 6) is 0.988. The first-order valence-electron chi connectivity index (χ1n) is 5.88. The van der Waals surface area contributed by atoms with Gasteiger partial charge in [-0.15, -0.1) is 5.10 Å². The van der Waals surface area contributed by atoms with E-state index in [9.17, 15) is 0 Å². The van der Waals surface area contributed by atoms with E-state index in [-0.39, 0.29) is 5.54 Å². The van der Waals surface area contributed by atoms with E-state index in [4.69, 9.17) is 12.2 Å². The van der Waals surface area contributed by atoms with Gasteiger partial charge in [-0.3, -0.25) is 4.57 Å². The molecule has 0 amide bonds. The molecule has 0 saturated carbocycles. The number of rotatable bonds is 2. The minimum absolute atomic E-state index is 0.188. The molecule has 1 N–H and O–H groups in total. The molecule has 4 nitrogen and oxygen atoms in total. The second kappa shape index (κ2) is 3.87. The monoisotopic (exact) mass is 240 g/mol. The second-order valence-electron chi connectivity index (χ2n) is 5.36. The number of nitrogens with one attached hydrogen (secondary N) is 1. The summed E-state index contributed by atoms with van der Waals surface area (Å²) in [6.07, 6.45) is 2.44. The van der Waals surface area contributed by atoms with Gasteiger partial charge < -0.3 is 4.90 Å². The van der Waals surface area contributed by atoms with Gasteiger partial charge in [-0.1, -0.05) is 0 Å². The largest absolute Gasteiger partial charge is 0.336 e. The Hall–Kier alpha value is -0.840. The molecule has 0 radical (unpaired) electrons. The van der Waals surface area contributed by atoms with Crippen molar-refractivity contribution >= 4 is 18.2 Å². The van der Waals surface area contributed by atoms with Gasteiger partial charge in [-0.2, -0.15) is 0 Å². The van der Waals surface area contributed by atoms with Crippen molar-refractivity contribution in [2.24, 2.45) is 0 Å². The van der Waals surface area contributed by atoms with Crippen molar-refractivity contribution in [3.8, 4) is 0 Å². The Morgan fingerprint density at radius 3 is 2.62 bits per heavy atom. The molecule has 2 heterocycles. The van der Waals surface area contributed by atoms with E-state index in [0.29, 0.717) is 10.8 Å². The van der Waals surface area contributed by atoms with Crippen molar-refractivity contribution < 1.29 is 0 Å². The third kappa shape index (κ3) is 1.77. The summed E-state index contributed by atoms with van der Waals surface area (Å²) in [4.78, 5) is 2.36. The van der Waals surface area contributed by atoms with Gasteiger partial charge in [-0.05, 0) is 52.8 Å². The van der Waals surface area contributed by atoms with Gasteiger partial charge in [0.05, 0.1) is 0 Å². The van der Waals surface area contributed by atoms with Gasteiger partial charge in [0.1, 0.15) is 0 Å². The van der Waals surface area contributed by atoms with Crippen molar-refractivity contribution in [2.75, 3.05) is 11.4 Å². The van der Waals surface area contributed by atoms with Gasteiger partial charge in [-0.25, -0.2) is 5.10 Å². The molecule has 0 unspecified atom stereocenters. The fourth-order valence-corrected chi connectivity index (χ4v) is 2.77. The molecule has 1 aromatic rings. The summed E-state index contributed by atoms with van der Waals surface area (Å²) in [5.41, 5.74) is 0.188. The maximum Gasteiger partial charge on any atom is 0.226 e. The molecule has 1 aromatic heterocycles. The highest BCUT2D eigenvalue weighted by molar-refractivity contribution is 7.71. The maximum atomic E-state index is 5.28. The molecule has 2 rings (SSSR count). The minimum atomic E-state index is 0.188. The number of aromatic nitrogens is 3. The van der Waals surface area contributed by atoms with E-state index in [1.807, 2.05) is 0 Å². The normalized spacial score (nSPS) is 19.7. The minimum Gasteiger partial charge on any atom is -0.336 e. The Morgan fingerprint density at radius 1 is 1.44 bits per heavy atom. The van der Waals surface area contributed by atoms with Gasteiger partial charge in [0, 0.05) is 18.1 Å². The third-order valence-electron chi connectivity index (χ3n) is 3.34. The van der Waals surface area contributed by atoms with Crippen LogP contribution in [0.4, 0.5) is 5.95 Å². The molecule has 16 heavy (non-hydrogen) atoms. The Kier molecular flexibility index (Phi) is 2.82. The molecule has 1 fully saturated rings. The SMILES string of the molecule is CC(C)n1c(N2CCCC2(C)C)n[nH]c1=S. The lowest BCUT2D eigenvalue weighted by molar-refractivity contribution is 0.489. The van der Waals surface area contributed by atoms with Crippen LogP contribution in [0.2, 0.25) is 0 Å². The molecule has 0 atom stereocenters. The Balaban J connectivity index is 2.45. The van der Waals surface area contributed by atoms with Crippen LogP contribution in [-0.4, -0.2) is 26.8 Å². The molecule has 0 aromatic carbocycles. The molecular weight excluding hydrogens is 220 g/mol. The number of anilines is 1. The number of hydrogen-bond acceptors (Lipinski definition) is 3. The van der Waals surface area contributed by atoms with Crippen LogP contribution in [0, 0.1) is 4.77 Å². The predicted octanol–water partition coefficient (Wildman–Crippen LogP) is 2.90. The summed E-state index contributed by atoms with van der Waals surface area (Å²) in [7, 11) is 0. The summed E-state index contributed by atoms with van der Waals surface area (Å²) in [6, 6.07) is 0.345. The lowest BCUT2D eigenvalue weighted by Crippen LogP contribution is -2.40. The van der Waals surface area contributed by atoms with E-state index in [1.165, 1.54) is 12.8 Å². The van der Waals surface area contributed by atoms with Crippen LogP contribution in [0.25, 0.3) is 0 Å². The number of hydrogen-bond donors (Lipinski definition) is 1. The zero-order valence-corrected chi connectivity index (χ0v) is 11.3. The molecule has 1 saturated heterocycles. The molecule has 0 bridgehead atoms. The highest BCUT2D eigenvalue weighted by atomic mass is 32.1. The Labute approximate surface area is 102 Å².